The second-order valence-corrected chi connectivity index (χ2v) is 7.13. The van der Waals surface area contributed by atoms with Crippen LogP contribution >= 0.6 is 11.3 Å². The van der Waals surface area contributed by atoms with Crippen LogP contribution in [-0.2, 0) is 11.3 Å². The van der Waals surface area contributed by atoms with Crippen molar-refractivity contribution in [2.45, 2.75) is 46.4 Å². The van der Waals surface area contributed by atoms with Gasteiger partial charge in [-0.2, -0.15) is 0 Å². The summed E-state index contributed by atoms with van der Waals surface area (Å²) in [4.78, 5) is 24.1. The van der Waals surface area contributed by atoms with Gasteiger partial charge in [-0.25, -0.2) is 4.98 Å². The van der Waals surface area contributed by atoms with E-state index in [4.69, 9.17) is 4.74 Å². The van der Waals surface area contributed by atoms with Gasteiger partial charge >= 0.3 is 0 Å². The van der Waals surface area contributed by atoms with Gasteiger partial charge in [0.1, 0.15) is 10.7 Å². The Balaban J connectivity index is 1.89. The number of morpholine rings is 1. The van der Waals surface area contributed by atoms with Crippen LogP contribution in [0.2, 0.25) is 0 Å². The minimum atomic E-state index is -0.0220. The van der Waals surface area contributed by atoms with E-state index in [-0.39, 0.29) is 17.8 Å². The van der Waals surface area contributed by atoms with Crippen molar-refractivity contribution in [1.29, 1.82) is 0 Å². The fourth-order valence-electron chi connectivity index (χ4n) is 3.00. The van der Waals surface area contributed by atoms with Crippen LogP contribution in [-0.4, -0.2) is 40.2 Å². The van der Waals surface area contributed by atoms with E-state index in [9.17, 15) is 4.79 Å². The number of aromatic amines is 1. The summed E-state index contributed by atoms with van der Waals surface area (Å²) in [6.07, 6.45) is 0.436. The van der Waals surface area contributed by atoms with Gasteiger partial charge in [-0.05, 0) is 33.3 Å². The molecule has 3 heterocycles. The van der Waals surface area contributed by atoms with Gasteiger partial charge < -0.3 is 9.72 Å². The molecule has 0 bridgehead atoms. The molecule has 1 N–H and O–H groups in total. The Morgan fingerprint density at radius 3 is 2.67 bits per heavy atom. The Kier molecular flexibility index (Phi) is 3.86. The van der Waals surface area contributed by atoms with Crippen molar-refractivity contribution in [3.63, 3.8) is 0 Å². The van der Waals surface area contributed by atoms with Crippen molar-refractivity contribution in [2.24, 2.45) is 0 Å². The summed E-state index contributed by atoms with van der Waals surface area (Å²) in [6, 6.07) is 0. The Hall–Kier alpha value is -1.24. The molecule has 0 aliphatic carbocycles. The number of rotatable bonds is 2. The van der Waals surface area contributed by atoms with Gasteiger partial charge in [-0.3, -0.25) is 9.69 Å². The fourth-order valence-corrected chi connectivity index (χ4v) is 4.05. The Bertz CT molecular complexity index is 712. The highest BCUT2D eigenvalue weighted by Crippen LogP contribution is 2.25. The highest BCUT2D eigenvalue weighted by atomic mass is 32.1. The van der Waals surface area contributed by atoms with Gasteiger partial charge in [0.25, 0.3) is 5.56 Å². The lowest BCUT2D eigenvalue weighted by atomic mass is 10.2. The van der Waals surface area contributed by atoms with E-state index in [0.717, 1.165) is 39.6 Å². The molecule has 2 atom stereocenters. The van der Waals surface area contributed by atoms with E-state index in [1.54, 1.807) is 11.3 Å². The number of thiophene rings is 1. The molecule has 2 aromatic heterocycles. The van der Waals surface area contributed by atoms with Crippen molar-refractivity contribution in [2.75, 3.05) is 13.1 Å². The molecule has 0 amide bonds. The third-order valence-electron chi connectivity index (χ3n) is 3.96. The number of nitrogens with one attached hydrogen (secondary N) is 1. The maximum atomic E-state index is 12.3. The summed E-state index contributed by atoms with van der Waals surface area (Å²) in [5.41, 5.74) is 1.02. The van der Waals surface area contributed by atoms with E-state index >= 15 is 0 Å². The number of hydrogen-bond acceptors (Lipinski definition) is 5. The van der Waals surface area contributed by atoms with E-state index in [0.29, 0.717) is 6.54 Å². The maximum absolute atomic E-state index is 12.3. The van der Waals surface area contributed by atoms with Crippen LogP contribution in [0.1, 0.15) is 30.1 Å². The van der Waals surface area contributed by atoms with Crippen LogP contribution < -0.4 is 5.56 Å². The SMILES string of the molecule is Cc1sc2nc(CN3C[C@H](C)O[C@@H](C)C3)[nH]c(=O)c2c1C. The Labute approximate surface area is 128 Å². The summed E-state index contributed by atoms with van der Waals surface area (Å²) in [5, 5.41) is 0.741. The second-order valence-electron chi connectivity index (χ2n) is 5.93. The van der Waals surface area contributed by atoms with Gasteiger partial charge in [-0.15, -0.1) is 11.3 Å². The van der Waals surface area contributed by atoms with Gasteiger partial charge in [0, 0.05) is 18.0 Å². The minimum absolute atomic E-state index is 0.0220. The van der Waals surface area contributed by atoms with E-state index < -0.39 is 0 Å². The molecule has 0 unspecified atom stereocenters. The molecule has 0 radical (unpaired) electrons. The van der Waals surface area contributed by atoms with E-state index in [1.165, 1.54) is 0 Å². The van der Waals surface area contributed by atoms with Gasteiger partial charge in [0.05, 0.1) is 24.1 Å². The van der Waals surface area contributed by atoms with Gasteiger partial charge in [-0.1, -0.05) is 0 Å². The van der Waals surface area contributed by atoms with Crippen molar-refractivity contribution in [3.05, 3.63) is 26.6 Å². The largest absolute Gasteiger partial charge is 0.373 e. The molecule has 1 saturated heterocycles. The van der Waals surface area contributed by atoms with Crippen molar-refractivity contribution >= 4 is 21.6 Å². The van der Waals surface area contributed by atoms with Crippen molar-refractivity contribution in [3.8, 4) is 0 Å². The zero-order valence-electron chi connectivity index (χ0n) is 12.9. The molecule has 0 spiro atoms. The van der Waals surface area contributed by atoms with Gasteiger partial charge in [0.15, 0.2) is 0 Å². The quantitative estimate of drug-likeness (QED) is 0.924. The molecular formula is C15H21N3O2S. The number of H-pyrrole nitrogens is 1. The molecule has 1 aliphatic rings. The smallest absolute Gasteiger partial charge is 0.259 e. The predicted molar refractivity (Wildman–Crippen MR) is 85.0 cm³/mol. The number of hydrogen-bond donors (Lipinski definition) is 1. The van der Waals surface area contributed by atoms with Crippen LogP contribution in [0.4, 0.5) is 0 Å². The number of aromatic nitrogens is 2. The molecule has 114 valence electrons. The summed E-state index contributed by atoms with van der Waals surface area (Å²) in [7, 11) is 0. The minimum Gasteiger partial charge on any atom is -0.373 e. The maximum Gasteiger partial charge on any atom is 0.259 e. The first-order chi connectivity index (χ1) is 9.94. The average Bonchev–Trinajstić information content (AvgIpc) is 2.63. The zero-order chi connectivity index (χ0) is 15.1. The lowest BCUT2D eigenvalue weighted by Gasteiger charge is -2.34. The van der Waals surface area contributed by atoms with Crippen LogP contribution in [0.3, 0.4) is 0 Å². The molecule has 2 aromatic rings. The van der Waals surface area contributed by atoms with Crippen LogP contribution in [0.15, 0.2) is 4.79 Å². The normalized spacial score (nSPS) is 23.8. The molecule has 1 aliphatic heterocycles. The predicted octanol–water partition coefficient (Wildman–Crippen LogP) is 2.21. The summed E-state index contributed by atoms with van der Waals surface area (Å²) >= 11 is 1.60. The summed E-state index contributed by atoms with van der Waals surface area (Å²) in [5.74, 6) is 0.745. The number of nitrogens with zero attached hydrogens (tertiary/aromatic N) is 2. The Morgan fingerprint density at radius 1 is 1.33 bits per heavy atom. The molecule has 0 aromatic carbocycles. The zero-order valence-corrected chi connectivity index (χ0v) is 13.7. The second kappa shape index (κ2) is 5.51. The lowest BCUT2D eigenvalue weighted by Crippen LogP contribution is -2.45. The first-order valence-corrected chi connectivity index (χ1v) is 8.12. The molecular weight excluding hydrogens is 286 g/mol. The first kappa shape index (κ1) is 14.7. The van der Waals surface area contributed by atoms with Gasteiger partial charge in [0.2, 0.25) is 0 Å². The topological polar surface area (TPSA) is 58.2 Å². The monoisotopic (exact) mass is 307 g/mol. The van der Waals surface area contributed by atoms with Crippen LogP contribution in [0.25, 0.3) is 10.2 Å². The summed E-state index contributed by atoms with van der Waals surface area (Å²) in [6.45, 7) is 10.6. The van der Waals surface area contributed by atoms with Crippen LogP contribution in [0.5, 0.6) is 0 Å². The number of ether oxygens (including phenoxy) is 1. The van der Waals surface area contributed by atoms with Crippen LogP contribution in [0, 0.1) is 13.8 Å². The number of aryl methyl sites for hydroxylation is 2. The highest BCUT2D eigenvalue weighted by molar-refractivity contribution is 7.18. The molecule has 21 heavy (non-hydrogen) atoms. The molecule has 1 fully saturated rings. The van der Waals surface area contributed by atoms with E-state index in [2.05, 4.69) is 28.7 Å². The average molecular weight is 307 g/mol. The van der Waals surface area contributed by atoms with Crippen molar-refractivity contribution in [1.82, 2.24) is 14.9 Å². The molecule has 3 rings (SSSR count). The van der Waals surface area contributed by atoms with E-state index in [1.807, 2.05) is 13.8 Å². The standard InChI is InChI=1S/C15H21N3O2S/c1-8-5-18(6-9(2)20-8)7-12-16-14(19)13-10(3)11(4)21-15(13)17-12/h8-9H,5-7H2,1-4H3,(H,16,17,19)/t8-,9-/m0/s1. The third kappa shape index (κ3) is 2.88. The molecule has 6 heteroatoms. The molecule has 5 nitrogen and oxygen atoms in total. The highest BCUT2D eigenvalue weighted by Gasteiger charge is 2.23. The summed E-state index contributed by atoms with van der Waals surface area (Å²) < 4.78 is 5.74. The van der Waals surface area contributed by atoms with Crippen molar-refractivity contribution < 1.29 is 4.74 Å². The fraction of sp³-hybridized carbons (Fsp3) is 0.600. The first-order valence-electron chi connectivity index (χ1n) is 7.30. The molecule has 0 saturated carbocycles. The number of fused-ring (bicyclic) bond motifs is 1. The third-order valence-corrected chi connectivity index (χ3v) is 5.06. The lowest BCUT2D eigenvalue weighted by molar-refractivity contribution is -0.0710. The Morgan fingerprint density at radius 2 is 2.00 bits per heavy atom.